The smallest absolute Gasteiger partial charge is 0.239 e. The van der Waals surface area contributed by atoms with E-state index in [0.717, 1.165) is 12.3 Å². The Balaban J connectivity index is 1.82. The summed E-state index contributed by atoms with van der Waals surface area (Å²) in [7, 11) is 0. The summed E-state index contributed by atoms with van der Waals surface area (Å²) in [5.41, 5.74) is 3.82. The van der Waals surface area contributed by atoms with E-state index in [1.54, 1.807) is 0 Å². The van der Waals surface area contributed by atoms with Gasteiger partial charge in [0, 0.05) is 18.1 Å². The van der Waals surface area contributed by atoms with Crippen LogP contribution in [0.4, 0.5) is 0 Å². The Morgan fingerprint density at radius 1 is 1.54 bits per heavy atom. The van der Waals surface area contributed by atoms with Crippen molar-refractivity contribution in [2.75, 3.05) is 0 Å². The van der Waals surface area contributed by atoms with Gasteiger partial charge >= 0.3 is 0 Å². The zero-order valence-electron chi connectivity index (χ0n) is 8.05. The Morgan fingerprint density at radius 3 is 2.77 bits per heavy atom. The van der Waals surface area contributed by atoms with Crippen molar-refractivity contribution in [3.05, 3.63) is 0 Å². The molecule has 2 aliphatic rings. The second kappa shape index (κ2) is 3.48. The summed E-state index contributed by atoms with van der Waals surface area (Å²) in [5.74, 6) is 1.62. The molecule has 2 saturated carbocycles. The third kappa shape index (κ3) is 1.90. The molecular weight excluding hydrogens is 164 g/mol. The minimum atomic E-state index is 0.0222. The summed E-state index contributed by atoms with van der Waals surface area (Å²) < 4.78 is 0. The normalized spacial score (nSPS) is 29.9. The Bertz CT molecular complexity index is 243. The van der Waals surface area contributed by atoms with Gasteiger partial charge in [-0.05, 0) is 31.6 Å². The molecule has 13 heavy (non-hydrogen) atoms. The van der Waals surface area contributed by atoms with Crippen molar-refractivity contribution in [1.29, 1.82) is 0 Å². The second-order valence-electron chi connectivity index (χ2n) is 3.97. The molecule has 1 amide bonds. The zero-order valence-corrected chi connectivity index (χ0v) is 8.05. The van der Waals surface area contributed by atoms with Crippen molar-refractivity contribution >= 4 is 11.6 Å². The predicted molar refractivity (Wildman–Crippen MR) is 51.3 cm³/mol. The molecule has 0 aliphatic heterocycles. The van der Waals surface area contributed by atoms with Gasteiger partial charge in [-0.25, -0.2) is 5.43 Å². The Kier molecular flexibility index (Phi) is 2.34. The first-order chi connectivity index (χ1) is 6.31. The van der Waals surface area contributed by atoms with Crippen LogP contribution in [0.25, 0.3) is 0 Å². The first kappa shape index (κ1) is 8.73. The summed E-state index contributed by atoms with van der Waals surface area (Å²) in [5, 5.41) is 4.16. The van der Waals surface area contributed by atoms with Gasteiger partial charge in [0.2, 0.25) is 5.91 Å². The van der Waals surface area contributed by atoms with Gasteiger partial charge in [0.15, 0.2) is 0 Å². The van der Waals surface area contributed by atoms with Crippen LogP contribution in [0.3, 0.4) is 0 Å². The van der Waals surface area contributed by atoms with E-state index in [1.165, 1.54) is 25.0 Å². The molecule has 1 N–H and O–H groups in total. The van der Waals surface area contributed by atoms with E-state index in [-0.39, 0.29) is 5.91 Å². The standard InChI is InChI=1S/C10H16N2O/c1-2-10(13)12-11-9-6-5-8(9)7-3-4-7/h7-8H,2-6H2,1H3,(H,12,13)/b11-9-. The number of amides is 1. The van der Waals surface area contributed by atoms with E-state index in [1.807, 2.05) is 6.92 Å². The fraction of sp³-hybridized carbons (Fsp3) is 0.800. The molecule has 0 aromatic heterocycles. The number of hydrogen-bond donors (Lipinski definition) is 1. The average molecular weight is 180 g/mol. The maximum Gasteiger partial charge on any atom is 0.239 e. The lowest BCUT2D eigenvalue weighted by Crippen LogP contribution is -2.31. The Labute approximate surface area is 78.6 Å². The molecule has 1 unspecified atom stereocenters. The fourth-order valence-corrected chi connectivity index (χ4v) is 1.80. The molecule has 2 aliphatic carbocycles. The maximum absolute atomic E-state index is 10.9. The number of nitrogens with one attached hydrogen (secondary N) is 1. The van der Waals surface area contributed by atoms with Gasteiger partial charge in [-0.1, -0.05) is 6.92 Å². The van der Waals surface area contributed by atoms with Crippen molar-refractivity contribution in [3.8, 4) is 0 Å². The zero-order chi connectivity index (χ0) is 9.26. The first-order valence-corrected chi connectivity index (χ1v) is 5.16. The SMILES string of the molecule is CCC(=O)N/N=C1/CCC1C1CC1. The summed E-state index contributed by atoms with van der Waals surface area (Å²) >= 11 is 0. The van der Waals surface area contributed by atoms with Crippen molar-refractivity contribution in [3.63, 3.8) is 0 Å². The summed E-state index contributed by atoms with van der Waals surface area (Å²) in [4.78, 5) is 10.9. The van der Waals surface area contributed by atoms with Crippen LogP contribution in [0.5, 0.6) is 0 Å². The molecule has 2 fully saturated rings. The van der Waals surface area contributed by atoms with Crippen LogP contribution >= 0.6 is 0 Å². The van der Waals surface area contributed by atoms with E-state index in [9.17, 15) is 4.79 Å². The minimum absolute atomic E-state index is 0.0222. The Morgan fingerprint density at radius 2 is 2.31 bits per heavy atom. The lowest BCUT2D eigenvalue weighted by Gasteiger charge is -2.27. The summed E-state index contributed by atoms with van der Waals surface area (Å²) in [6.45, 7) is 1.84. The van der Waals surface area contributed by atoms with E-state index in [2.05, 4.69) is 10.5 Å². The highest BCUT2D eigenvalue weighted by Crippen LogP contribution is 2.45. The number of hydrogen-bond acceptors (Lipinski definition) is 2. The molecule has 0 bridgehead atoms. The average Bonchev–Trinajstić information content (AvgIpc) is 2.86. The van der Waals surface area contributed by atoms with E-state index < -0.39 is 0 Å². The van der Waals surface area contributed by atoms with Gasteiger partial charge in [-0.3, -0.25) is 4.79 Å². The molecule has 0 aromatic carbocycles. The first-order valence-electron chi connectivity index (χ1n) is 5.16. The predicted octanol–water partition coefficient (Wildman–Crippen LogP) is 1.69. The molecule has 0 spiro atoms. The van der Waals surface area contributed by atoms with Gasteiger partial charge in [0.05, 0.1) is 0 Å². The molecule has 3 heteroatoms. The van der Waals surface area contributed by atoms with E-state index in [0.29, 0.717) is 12.3 Å². The number of carbonyl (C=O) groups excluding carboxylic acids is 1. The highest BCUT2D eigenvalue weighted by atomic mass is 16.2. The van der Waals surface area contributed by atoms with Crippen molar-refractivity contribution in [2.45, 2.75) is 39.0 Å². The van der Waals surface area contributed by atoms with Gasteiger partial charge < -0.3 is 0 Å². The number of hydrazone groups is 1. The monoisotopic (exact) mass is 180 g/mol. The quantitative estimate of drug-likeness (QED) is 0.660. The van der Waals surface area contributed by atoms with Crippen molar-refractivity contribution in [1.82, 2.24) is 5.43 Å². The van der Waals surface area contributed by atoms with Gasteiger partial charge in [0.1, 0.15) is 0 Å². The van der Waals surface area contributed by atoms with Crippen LogP contribution in [0, 0.1) is 11.8 Å². The number of rotatable bonds is 3. The second-order valence-corrected chi connectivity index (χ2v) is 3.97. The third-order valence-corrected chi connectivity index (χ3v) is 2.98. The molecule has 3 nitrogen and oxygen atoms in total. The third-order valence-electron chi connectivity index (χ3n) is 2.98. The highest BCUT2D eigenvalue weighted by Gasteiger charge is 2.39. The fourth-order valence-electron chi connectivity index (χ4n) is 1.80. The molecule has 0 aromatic rings. The largest absolute Gasteiger partial charge is 0.273 e. The summed E-state index contributed by atoms with van der Waals surface area (Å²) in [6, 6.07) is 0. The van der Waals surface area contributed by atoms with Crippen LogP contribution in [-0.2, 0) is 4.79 Å². The van der Waals surface area contributed by atoms with E-state index in [4.69, 9.17) is 0 Å². The van der Waals surface area contributed by atoms with E-state index >= 15 is 0 Å². The van der Waals surface area contributed by atoms with Gasteiger partial charge in [-0.2, -0.15) is 5.10 Å². The van der Waals surface area contributed by atoms with Crippen LogP contribution in [0.15, 0.2) is 5.10 Å². The van der Waals surface area contributed by atoms with Gasteiger partial charge in [-0.15, -0.1) is 0 Å². The molecule has 0 saturated heterocycles. The number of nitrogens with zero attached hydrogens (tertiary/aromatic N) is 1. The minimum Gasteiger partial charge on any atom is -0.273 e. The summed E-state index contributed by atoms with van der Waals surface area (Å²) in [6.07, 6.45) is 5.62. The molecule has 72 valence electrons. The number of carbonyl (C=O) groups is 1. The molecule has 0 radical (unpaired) electrons. The molecule has 1 atom stereocenters. The molecule has 0 heterocycles. The van der Waals surface area contributed by atoms with Crippen molar-refractivity contribution < 1.29 is 4.79 Å². The van der Waals surface area contributed by atoms with Crippen LogP contribution in [0.1, 0.15) is 39.0 Å². The van der Waals surface area contributed by atoms with Gasteiger partial charge in [0.25, 0.3) is 0 Å². The topological polar surface area (TPSA) is 41.5 Å². The van der Waals surface area contributed by atoms with Crippen LogP contribution in [0.2, 0.25) is 0 Å². The Hall–Kier alpha value is -0.860. The maximum atomic E-state index is 10.9. The lowest BCUT2D eigenvalue weighted by molar-refractivity contribution is -0.120. The highest BCUT2D eigenvalue weighted by molar-refractivity contribution is 5.93. The molecule has 2 rings (SSSR count). The van der Waals surface area contributed by atoms with Crippen molar-refractivity contribution in [2.24, 2.45) is 16.9 Å². The van der Waals surface area contributed by atoms with Crippen LogP contribution < -0.4 is 5.43 Å². The molecular formula is C10H16N2O. The lowest BCUT2D eigenvalue weighted by atomic mass is 9.79. The van der Waals surface area contributed by atoms with Crippen LogP contribution in [-0.4, -0.2) is 11.6 Å².